The fraction of sp³-hybridized carbons (Fsp3) is 0.333. The maximum absolute atomic E-state index is 12.7. The number of methoxy groups -OCH3 is 1. The van der Waals surface area contributed by atoms with Crippen molar-refractivity contribution < 1.29 is 23.8 Å². The number of fused-ring (bicyclic) bond motifs is 1. The summed E-state index contributed by atoms with van der Waals surface area (Å²) in [6.07, 6.45) is 2.25. The van der Waals surface area contributed by atoms with Gasteiger partial charge in [0.15, 0.2) is 0 Å². The Labute approximate surface area is 180 Å². The molecule has 0 saturated carbocycles. The lowest BCUT2D eigenvalue weighted by atomic mass is 10.1. The molecular weight excluding hydrogens is 396 g/mol. The third-order valence-corrected chi connectivity index (χ3v) is 5.67. The number of amides is 1. The van der Waals surface area contributed by atoms with Gasteiger partial charge in [0.1, 0.15) is 18.1 Å². The standard InChI is InChI=1S/C24H26N2O5/c1-15-20-13-17(8-11-21(20)26(2)22(15)24(28)29-3)25-23(27)16-6-9-18(10-7-16)31-14-19-5-4-12-30-19/h6-11,13,19H,4-5,12,14H2,1-3H3,(H,25,27)/t19-/m0/s1. The first-order valence-corrected chi connectivity index (χ1v) is 10.3. The molecule has 0 aliphatic carbocycles. The minimum Gasteiger partial charge on any atom is -0.491 e. The van der Waals surface area contributed by atoms with Crippen LogP contribution in [0.15, 0.2) is 42.5 Å². The number of rotatable bonds is 6. The van der Waals surface area contributed by atoms with Crippen molar-refractivity contribution in [1.29, 1.82) is 0 Å². The average molecular weight is 422 g/mol. The third-order valence-electron chi connectivity index (χ3n) is 5.67. The summed E-state index contributed by atoms with van der Waals surface area (Å²) in [4.78, 5) is 24.8. The van der Waals surface area contributed by atoms with Gasteiger partial charge in [-0.2, -0.15) is 0 Å². The van der Waals surface area contributed by atoms with Gasteiger partial charge in [0, 0.05) is 35.8 Å². The molecule has 1 atom stereocenters. The number of esters is 1. The molecule has 4 rings (SSSR count). The van der Waals surface area contributed by atoms with Gasteiger partial charge in [-0.15, -0.1) is 0 Å². The van der Waals surface area contributed by atoms with Crippen LogP contribution in [0.2, 0.25) is 0 Å². The molecule has 0 radical (unpaired) electrons. The zero-order valence-corrected chi connectivity index (χ0v) is 17.9. The molecule has 31 heavy (non-hydrogen) atoms. The Morgan fingerprint density at radius 2 is 1.97 bits per heavy atom. The van der Waals surface area contributed by atoms with Crippen LogP contribution in [0.1, 0.15) is 39.3 Å². The van der Waals surface area contributed by atoms with E-state index in [-0.39, 0.29) is 18.0 Å². The van der Waals surface area contributed by atoms with Crippen LogP contribution in [0, 0.1) is 6.92 Å². The molecule has 2 aromatic carbocycles. The summed E-state index contributed by atoms with van der Waals surface area (Å²) in [7, 11) is 3.19. The second-order valence-corrected chi connectivity index (χ2v) is 7.68. The van der Waals surface area contributed by atoms with Crippen LogP contribution in [0.25, 0.3) is 10.9 Å². The van der Waals surface area contributed by atoms with Crippen LogP contribution < -0.4 is 10.1 Å². The molecule has 1 N–H and O–H groups in total. The number of aromatic nitrogens is 1. The van der Waals surface area contributed by atoms with Gasteiger partial charge in [0.05, 0.1) is 13.2 Å². The number of anilines is 1. The van der Waals surface area contributed by atoms with E-state index in [0.717, 1.165) is 35.9 Å². The maximum atomic E-state index is 12.7. The molecule has 1 saturated heterocycles. The molecule has 1 aliphatic heterocycles. The molecule has 3 aromatic rings. The van der Waals surface area contributed by atoms with Crippen LogP contribution in [0.4, 0.5) is 5.69 Å². The summed E-state index contributed by atoms with van der Waals surface area (Å²) in [5.41, 5.74) is 3.39. The van der Waals surface area contributed by atoms with E-state index in [0.29, 0.717) is 29.3 Å². The van der Waals surface area contributed by atoms with Crippen molar-refractivity contribution >= 4 is 28.5 Å². The Balaban J connectivity index is 1.46. The van der Waals surface area contributed by atoms with E-state index in [1.165, 1.54) is 7.11 Å². The van der Waals surface area contributed by atoms with E-state index >= 15 is 0 Å². The van der Waals surface area contributed by atoms with E-state index in [1.54, 1.807) is 28.8 Å². The van der Waals surface area contributed by atoms with Gasteiger partial charge in [-0.1, -0.05) is 0 Å². The Kier molecular flexibility index (Phi) is 5.95. The Morgan fingerprint density at radius 3 is 2.65 bits per heavy atom. The average Bonchev–Trinajstić information content (AvgIpc) is 3.39. The number of nitrogens with one attached hydrogen (secondary N) is 1. The summed E-state index contributed by atoms with van der Waals surface area (Å²) < 4.78 is 18.0. The lowest BCUT2D eigenvalue weighted by molar-refractivity contribution is 0.0589. The predicted molar refractivity (Wildman–Crippen MR) is 118 cm³/mol. The highest BCUT2D eigenvalue weighted by Crippen LogP contribution is 2.28. The zero-order chi connectivity index (χ0) is 22.0. The highest BCUT2D eigenvalue weighted by molar-refractivity contribution is 6.06. The monoisotopic (exact) mass is 422 g/mol. The number of carbonyl (C=O) groups excluding carboxylic acids is 2. The molecule has 7 heteroatoms. The van der Waals surface area contributed by atoms with Gasteiger partial charge in [0.25, 0.3) is 5.91 Å². The first-order chi connectivity index (χ1) is 15.0. The number of aryl methyl sites for hydroxylation is 2. The van der Waals surface area contributed by atoms with Gasteiger partial charge in [-0.25, -0.2) is 4.79 Å². The van der Waals surface area contributed by atoms with Crippen LogP contribution in [-0.2, 0) is 16.5 Å². The zero-order valence-electron chi connectivity index (χ0n) is 17.9. The molecule has 2 heterocycles. The van der Waals surface area contributed by atoms with Crippen molar-refractivity contribution in [3.05, 3.63) is 59.3 Å². The highest BCUT2D eigenvalue weighted by atomic mass is 16.5. The molecule has 0 spiro atoms. The molecule has 1 fully saturated rings. The summed E-state index contributed by atoms with van der Waals surface area (Å²) in [5, 5.41) is 3.81. The second-order valence-electron chi connectivity index (χ2n) is 7.68. The second kappa shape index (κ2) is 8.81. The molecule has 162 valence electrons. The van der Waals surface area contributed by atoms with Gasteiger partial charge < -0.3 is 24.1 Å². The Bertz CT molecular complexity index is 1110. The van der Waals surface area contributed by atoms with Gasteiger partial charge in [-0.3, -0.25) is 4.79 Å². The molecule has 1 aromatic heterocycles. The van der Waals surface area contributed by atoms with E-state index in [2.05, 4.69) is 5.32 Å². The SMILES string of the molecule is COC(=O)c1c(C)c2cc(NC(=O)c3ccc(OC[C@@H]4CCCO4)cc3)ccc2n1C. The normalized spacial score (nSPS) is 15.8. The Hall–Kier alpha value is -3.32. The first kappa shape index (κ1) is 20.9. The molecule has 0 bridgehead atoms. The first-order valence-electron chi connectivity index (χ1n) is 10.3. The number of hydrogen-bond donors (Lipinski definition) is 1. The molecule has 1 aliphatic rings. The quantitative estimate of drug-likeness (QED) is 0.606. The number of nitrogens with zero attached hydrogens (tertiary/aromatic N) is 1. The van der Waals surface area contributed by atoms with Crippen molar-refractivity contribution in [1.82, 2.24) is 4.57 Å². The van der Waals surface area contributed by atoms with Crippen molar-refractivity contribution in [3.63, 3.8) is 0 Å². The van der Waals surface area contributed by atoms with Crippen molar-refractivity contribution in [2.75, 3.05) is 25.6 Å². The number of hydrogen-bond acceptors (Lipinski definition) is 5. The van der Waals surface area contributed by atoms with Gasteiger partial charge >= 0.3 is 5.97 Å². The van der Waals surface area contributed by atoms with Gasteiger partial charge in [-0.05, 0) is 67.8 Å². The molecular formula is C24H26N2O5. The Morgan fingerprint density at radius 1 is 1.19 bits per heavy atom. The minimum atomic E-state index is -0.386. The fourth-order valence-electron chi connectivity index (χ4n) is 3.96. The summed E-state index contributed by atoms with van der Waals surface area (Å²) in [5.74, 6) is 0.110. The largest absolute Gasteiger partial charge is 0.491 e. The summed E-state index contributed by atoms with van der Waals surface area (Å²) >= 11 is 0. The van der Waals surface area contributed by atoms with Crippen molar-refractivity contribution in [2.24, 2.45) is 7.05 Å². The lowest BCUT2D eigenvalue weighted by Gasteiger charge is -2.12. The van der Waals surface area contributed by atoms with Crippen LogP contribution in [0.3, 0.4) is 0 Å². The number of ether oxygens (including phenoxy) is 3. The van der Waals surface area contributed by atoms with Crippen LogP contribution in [-0.4, -0.2) is 42.9 Å². The molecule has 1 amide bonds. The van der Waals surface area contributed by atoms with E-state index < -0.39 is 0 Å². The van der Waals surface area contributed by atoms with Crippen LogP contribution in [0.5, 0.6) is 5.75 Å². The maximum Gasteiger partial charge on any atom is 0.354 e. The van der Waals surface area contributed by atoms with E-state index in [9.17, 15) is 9.59 Å². The predicted octanol–water partition coefficient (Wildman–Crippen LogP) is 4.08. The topological polar surface area (TPSA) is 78.8 Å². The van der Waals surface area contributed by atoms with Crippen molar-refractivity contribution in [2.45, 2.75) is 25.9 Å². The van der Waals surface area contributed by atoms with Crippen molar-refractivity contribution in [3.8, 4) is 5.75 Å². The number of carbonyl (C=O) groups is 2. The smallest absolute Gasteiger partial charge is 0.354 e. The molecule has 7 nitrogen and oxygen atoms in total. The van der Waals surface area contributed by atoms with E-state index in [1.807, 2.05) is 32.2 Å². The lowest BCUT2D eigenvalue weighted by Crippen LogP contribution is -2.16. The summed E-state index contributed by atoms with van der Waals surface area (Å²) in [6, 6.07) is 12.6. The van der Waals surface area contributed by atoms with Gasteiger partial charge in [0.2, 0.25) is 0 Å². The summed E-state index contributed by atoms with van der Waals surface area (Å²) in [6.45, 7) is 3.19. The molecule has 0 unspecified atom stereocenters. The fourth-order valence-corrected chi connectivity index (χ4v) is 3.96. The van der Waals surface area contributed by atoms with Crippen LogP contribution >= 0.6 is 0 Å². The minimum absolute atomic E-state index is 0.152. The number of benzene rings is 2. The van der Waals surface area contributed by atoms with E-state index in [4.69, 9.17) is 14.2 Å². The highest BCUT2D eigenvalue weighted by Gasteiger charge is 2.19. The third kappa shape index (κ3) is 4.27.